The van der Waals surface area contributed by atoms with Crippen LogP contribution in [0.2, 0.25) is 0 Å². The van der Waals surface area contributed by atoms with Crippen molar-refractivity contribution in [3.8, 4) is 11.9 Å². The van der Waals surface area contributed by atoms with Crippen molar-refractivity contribution in [2.24, 2.45) is 0 Å². The maximum Gasteiger partial charge on any atom is 0.511 e. The number of nitrogens with zero attached hydrogens (tertiary/aromatic N) is 3. The third-order valence-electron chi connectivity index (χ3n) is 4.46. The normalized spacial score (nSPS) is 16.6. The Morgan fingerprint density at radius 1 is 1.47 bits per heavy atom. The van der Waals surface area contributed by atoms with Gasteiger partial charge in [0.2, 0.25) is 5.88 Å². The quantitative estimate of drug-likeness (QED) is 0.568. The number of ether oxygens (including phenoxy) is 2. The highest BCUT2D eigenvalue weighted by atomic mass is 32.2. The molecule has 0 unspecified atom stereocenters. The third-order valence-corrected chi connectivity index (χ3v) is 6.13. The van der Waals surface area contributed by atoms with Gasteiger partial charge < -0.3 is 14.8 Å². The van der Waals surface area contributed by atoms with E-state index in [2.05, 4.69) is 15.0 Å². The van der Waals surface area contributed by atoms with Gasteiger partial charge in [-0.05, 0) is 32.3 Å². The second kappa shape index (κ2) is 8.75. The summed E-state index contributed by atoms with van der Waals surface area (Å²) in [5.41, 5.74) is -5.69. The van der Waals surface area contributed by atoms with Crippen LogP contribution in [0.15, 0.2) is 12.3 Å². The molecular weight excluding hydrogens is 429 g/mol. The van der Waals surface area contributed by atoms with E-state index in [1.54, 1.807) is 6.92 Å². The fraction of sp³-hybridized carbons (Fsp3) is 0.588. The van der Waals surface area contributed by atoms with E-state index in [4.69, 9.17) is 10.00 Å². The van der Waals surface area contributed by atoms with E-state index in [0.29, 0.717) is 18.4 Å². The lowest BCUT2D eigenvalue weighted by molar-refractivity contribution is -0.0546. The molecule has 9 nitrogen and oxygen atoms in total. The van der Waals surface area contributed by atoms with Crippen LogP contribution in [0.3, 0.4) is 0 Å². The van der Waals surface area contributed by atoms with Crippen molar-refractivity contribution in [3.63, 3.8) is 0 Å². The minimum absolute atomic E-state index is 0.0822. The monoisotopic (exact) mass is 450 g/mol. The lowest BCUT2D eigenvalue weighted by Gasteiger charge is -2.28. The van der Waals surface area contributed by atoms with Gasteiger partial charge in [0, 0.05) is 24.9 Å². The van der Waals surface area contributed by atoms with Crippen molar-refractivity contribution >= 4 is 15.9 Å². The van der Waals surface area contributed by atoms with E-state index >= 15 is 0 Å². The van der Waals surface area contributed by atoms with Crippen LogP contribution in [0, 0.1) is 18.3 Å². The molecule has 1 aliphatic rings. The first-order valence-corrected chi connectivity index (χ1v) is 10.2. The number of carbonyl (C=O) groups excluding carboxylic acids is 1. The fourth-order valence-corrected chi connectivity index (χ4v) is 3.53. The molecule has 1 fully saturated rings. The number of hydrogen-bond donors (Lipinski definition) is 1. The number of pyridine rings is 1. The zero-order valence-electron chi connectivity index (χ0n) is 16.5. The lowest BCUT2D eigenvalue weighted by Crippen LogP contribution is -2.48. The van der Waals surface area contributed by atoms with Gasteiger partial charge in [-0.15, -0.1) is 0 Å². The maximum atomic E-state index is 12.9. The Morgan fingerprint density at radius 3 is 2.60 bits per heavy atom. The summed E-state index contributed by atoms with van der Waals surface area (Å²) >= 11 is 0. The van der Waals surface area contributed by atoms with Gasteiger partial charge in [0.05, 0.1) is 12.1 Å². The summed E-state index contributed by atoms with van der Waals surface area (Å²) in [5.74, 6) is -0.589. The van der Waals surface area contributed by atoms with Crippen molar-refractivity contribution in [3.05, 3.63) is 23.4 Å². The lowest BCUT2D eigenvalue weighted by atomic mass is 10.1. The fourth-order valence-electron chi connectivity index (χ4n) is 2.49. The Balaban J connectivity index is 2.13. The highest BCUT2D eigenvalue weighted by Gasteiger charge is 2.51. The summed E-state index contributed by atoms with van der Waals surface area (Å²) in [6.07, 6.45) is 2.42. The Bertz CT molecular complexity index is 942. The molecule has 0 bridgehead atoms. The van der Waals surface area contributed by atoms with E-state index in [0.717, 1.165) is 7.11 Å². The number of sulfonamides is 1. The minimum Gasteiger partial charge on any atom is -0.476 e. The number of nitrogens with one attached hydrogen (secondary N) is 1. The van der Waals surface area contributed by atoms with E-state index < -0.39 is 46.4 Å². The van der Waals surface area contributed by atoms with Crippen LogP contribution in [0.1, 0.15) is 35.7 Å². The molecule has 1 aliphatic carbocycles. The maximum absolute atomic E-state index is 12.9. The van der Waals surface area contributed by atoms with Gasteiger partial charge in [-0.1, -0.05) is 0 Å². The van der Waals surface area contributed by atoms with E-state index in [-0.39, 0.29) is 15.7 Å². The summed E-state index contributed by atoms with van der Waals surface area (Å²) in [7, 11) is -4.57. The van der Waals surface area contributed by atoms with Crippen LogP contribution in [-0.2, 0) is 14.8 Å². The van der Waals surface area contributed by atoms with Crippen molar-refractivity contribution < 1.29 is 35.9 Å². The molecule has 1 N–H and O–H groups in total. The Kier molecular flexibility index (Phi) is 6.95. The molecule has 1 heterocycles. The number of aromatic nitrogens is 1. The van der Waals surface area contributed by atoms with Crippen LogP contribution in [-0.4, -0.2) is 61.2 Å². The number of aryl methyl sites for hydroxylation is 1. The molecule has 0 spiro atoms. The van der Waals surface area contributed by atoms with E-state index in [1.165, 1.54) is 19.2 Å². The molecular formula is C17H21F3N4O5S. The van der Waals surface area contributed by atoms with Crippen LogP contribution < -0.4 is 10.1 Å². The van der Waals surface area contributed by atoms with Gasteiger partial charge in [-0.3, -0.25) is 4.79 Å². The molecule has 0 aromatic carbocycles. The summed E-state index contributed by atoms with van der Waals surface area (Å²) in [6.45, 7) is 1.54. The molecule has 13 heteroatoms. The predicted octanol–water partition coefficient (Wildman–Crippen LogP) is 1.70. The molecule has 30 heavy (non-hydrogen) atoms. The zero-order chi connectivity index (χ0) is 22.7. The number of alkyl halides is 3. The molecule has 0 radical (unpaired) electrons. The minimum atomic E-state index is -5.64. The van der Waals surface area contributed by atoms with Crippen molar-refractivity contribution in [1.82, 2.24) is 14.6 Å². The number of hydrogen-bond acceptors (Lipinski definition) is 7. The smallest absolute Gasteiger partial charge is 0.476 e. The van der Waals surface area contributed by atoms with Gasteiger partial charge in [-0.25, -0.2) is 13.4 Å². The van der Waals surface area contributed by atoms with Gasteiger partial charge in [0.1, 0.15) is 18.9 Å². The summed E-state index contributed by atoms with van der Waals surface area (Å²) < 4.78 is 72.1. The number of halogens is 3. The molecule has 166 valence electrons. The predicted molar refractivity (Wildman–Crippen MR) is 97.7 cm³/mol. The van der Waals surface area contributed by atoms with Crippen LogP contribution in [0.25, 0.3) is 0 Å². The standard InChI is InChI=1S/C17H21F3N4O5S/c1-11-7-22-14(6-13(11)15(25)23-16(9-21)4-5-16)29-8-12(2)24(10-28-3)30(26,27)17(18,19)20/h6-7,12H,4-5,8,10H2,1-3H3,(H,23,25)/t12-/m0/s1. The first kappa shape index (κ1) is 23.8. The average molecular weight is 450 g/mol. The Hall–Kier alpha value is -2.43. The second-order valence-corrected chi connectivity index (χ2v) is 8.78. The van der Waals surface area contributed by atoms with Gasteiger partial charge in [-0.2, -0.15) is 22.7 Å². The summed E-state index contributed by atoms with van der Waals surface area (Å²) in [5, 5.41) is 11.7. The SMILES string of the molecule is COCN([C@@H](C)COc1cc(C(=O)NC2(C#N)CC2)c(C)cn1)S(=O)(=O)C(F)(F)F. The first-order valence-electron chi connectivity index (χ1n) is 8.77. The molecule has 1 atom stereocenters. The number of carbonyl (C=O) groups is 1. The van der Waals surface area contributed by atoms with E-state index in [9.17, 15) is 26.4 Å². The Labute approximate surface area is 171 Å². The topological polar surface area (TPSA) is 122 Å². The molecule has 1 amide bonds. The number of amides is 1. The molecule has 0 aliphatic heterocycles. The van der Waals surface area contributed by atoms with Gasteiger partial charge in [0.25, 0.3) is 5.91 Å². The highest BCUT2D eigenvalue weighted by Crippen LogP contribution is 2.35. The van der Waals surface area contributed by atoms with E-state index in [1.807, 2.05) is 6.07 Å². The number of nitriles is 1. The second-order valence-electron chi connectivity index (χ2n) is 6.90. The molecule has 0 saturated heterocycles. The van der Waals surface area contributed by atoms with Crippen molar-refractivity contribution in [2.75, 3.05) is 20.4 Å². The molecule has 1 aromatic rings. The first-order chi connectivity index (χ1) is 13.9. The van der Waals surface area contributed by atoms with Crippen LogP contribution in [0.5, 0.6) is 5.88 Å². The third kappa shape index (κ3) is 5.18. The van der Waals surface area contributed by atoms with Crippen molar-refractivity contribution in [1.29, 1.82) is 5.26 Å². The largest absolute Gasteiger partial charge is 0.511 e. The molecule has 1 aromatic heterocycles. The number of rotatable bonds is 9. The van der Waals surface area contributed by atoms with Gasteiger partial charge >= 0.3 is 15.5 Å². The van der Waals surface area contributed by atoms with Gasteiger partial charge in [0.15, 0.2) is 0 Å². The van der Waals surface area contributed by atoms with Crippen LogP contribution >= 0.6 is 0 Å². The highest BCUT2D eigenvalue weighted by molar-refractivity contribution is 7.90. The zero-order valence-corrected chi connectivity index (χ0v) is 17.3. The average Bonchev–Trinajstić information content (AvgIpc) is 3.43. The summed E-state index contributed by atoms with van der Waals surface area (Å²) in [4.78, 5) is 16.4. The molecule has 2 rings (SSSR count). The van der Waals surface area contributed by atoms with Crippen molar-refractivity contribution in [2.45, 2.75) is 43.8 Å². The Morgan fingerprint density at radius 2 is 2.10 bits per heavy atom. The summed E-state index contributed by atoms with van der Waals surface area (Å²) in [6, 6.07) is 2.07. The van der Waals surface area contributed by atoms with Crippen LogP contribution in [0.4, 0.5) is 13.2 Å². The number of methoxy groups -OCH3 is 1. The molecule has 1 saturated carbocycles.